The van der Waals surface area contributed by atoms with Crippen molar-refractivity contribution in [3.8, 4) is 0 Å². The Morgan fingerprint density at radius 2 is 1.94 bits per heavy atom. The Labute approximate surface area is 189 Å². The number of carbonyl (C=O) groups is 1. The number of fused-ring (bicyclic) bond motifs is 2. The molecule has 0 saturated carbocycles. The van der Waals surface area contributed by atoms with E-state index in [1.165, 1.54) is 18.1 Å². The summed E-state index contributed by atoms with van der Waals surface area (Å²) in [4.78, 5) is 24.7. The maximum Gasteiger partial charge on any atom is 0.243 e. The maximum atomic E-state index is 13.0. The van der Waals surface area contributed by atoms with Crippen LogP contribution in [0, 0.1) is 0 Å². The van der Waals surface area contributed by atoms with Gasteiger partial charge in [0.25, 0.3) is 0 Å². The third-order valence-corrected chi connectivity index (χ3v) is 9.44. The molecule has 3 aromatic rings. The van der Waals surface area contributed by atoms with Crippen molar-refractivity contribution >= 4 is 54.9 Å². The number of aromatic nitrogens is 2. The lowest BCUT2D eigenvalue weighted by Crippen LogP contribution is -2.37. The summed E-state index contributed by atoms with van der Waals surface area (Å²) in [7, 11) is -3.46. The van der Waals surface area contributed by atoms with Crippen LogP contribution >= 0.6 is 23.1 Å². The topological polar surface area (TPSA) is 83.5 Å². The van der Waals surface area contributed by atoms with Gasteiger partial charge in [-0.2, -0.15) is 4.31 Å². The molecular weight excluding hydrogens is 452 g/mol. The van der Waals surface area contributed by atoms with Crippen molar-refractivity contribution in [3.05, 3.63) is 41.5 Å². The van der Waals surface area contributed by atoms with Gasteiger partial charge in [0, 0.05) is 30.7 Å². The Balaban J connectivity index is 1.35. The van der Waals surface area contributed by atoms with Crippen LogP contribution in [0.25, 0.3) is 10.2 Å². The van der Waals surface area contributed by atoms with Crippen LogP contribution in [0.1, 0.15) is 24.8 Å². The lowest BCUT2D eigenvalue weighted by Gasteiger charge is -2.30. The molecule has 1 aromatic carbocycles. The van der Waals surface area contributed by atoms with Gasteiger partial charge in [-0.3, -0.25) is 4.79 Å². The van der Waals surface area contributed by atoms with E-state index in [0.29, 0.717) is 24.5 Å². The molecule has 2 aliphatic rings. The molecule has 1 fully saturated rings. The summed E-state index contributed by atoms with van der Waals surface area (Å²) in [6.07, 6.45) is 4.95. The molecular formula is C21H22N4O3S3. The zero-order chi connectivity index (χ0) is 21.4. The van der Waals surface area contributed by atoms with Crippen molar-refractivity contribution in [2.24, 2.45) is 0 Å². The number of aryl methyl sites for hydroxylation is 1. The van der Waals surface area contributed by atoms with Gasteiger partial charge in [0.05, 0.1) is 10.6 Å². The normalized spacial score (nSPS) is 17.2. The van der Waals surface area contributed by atoms with Crippen LogP contribution in [0.15, 0.2) is 45.9 Å². The maximum absolute atomic E-state index is 13.0. The van der Waals surface area contributed by atoms with Crippen LogP contribution in [0.4, 0.5) is 5.69 Å². The second-order valence-electron chi connectivity index (χ2n) is 7.66. The summed E-state index contributed by atoms with van der Waals surface area (Å²) in [6.45, 7) is 1.81. The summed E-state index contributed by atoms with van der Waals surface area (Å²) < 4.78 is 27.4. The number of thioether (sulfide) groups is 1. The van der Waals surface area contributed by atoms with E-state index in [1.54, 1.807) is 38.7 Å². The molecule has 0 atom stereocenters. The average Bonchev–Trinajstić information content (AvgIpc) is 3.49. The molecule has 0 unspecified atom stereocenters. The van der Waals surface area contributed by atoms with Gasteiger partial charge in [-0.15, -0.1) is 11.3 Å². The van der Waals surface area contributed by atoms with Gasteiger partial charge in [-0.1, -0.05) is 11.8 Å². The van der Waals surface area contributed by atoms with Gasteiger partial charge in [0.1, 0.15) is 16.2 Å². The van der Waals surface area contributed by atoms with Crippen LogP contribution < -0.4 is 4.90 Å². The predicted molar refractivity (Wildman–Crippen MR) is 123 cm³/mol. The first kappa shape index (κ1) is 20.9. The molecule has 5 rings (SSSR count). The van der Waals surface area contributed by atoms with Crippen molar-refractivity contribution in [1.82, 2.24) is 14.3 Å². The van der Waals surface area contributed by atoms with Crippen LogP contribution in [0.3, 0.4) is 0 Å². The molecule has 0 bridgehead atoms. The van der Waals surface area contributed by atoms with Crippen molar-refractivity contribution < 1.29 is 13.2 Å². The Kier molecular flexibility index (Phi) is 5.72. The van der Waals surface area contributed by atoms with Gasteiger partial charge < -0.3 is 4.90 Å². The van der Waals surface area contributed by atoms with E-state index in [2.05, 4.69) is 9.97 Å². The molecule has 10 heteroatoms. The Hall–Kier alpha value is -2.01. The number of hydrogen-bond donors (Lipinski definition) is 0. The fourth-order valence-electron chi connectivity index (χ4n) is 4.16. The molecule has 0 radical (unpaired) electrons. The summed E-state index contributed by atoms with van der Waals surface area (Å²) in [5.74, 6) is 0.276. The van der Waals surface area contributed by atoms with Gasteiger partial charge >= 0.3 is 0 Å². The molecule has 2 aromatic heterocycles. The number of thiophene rings is 1. The van der Waals surface area contributed by atoms with Crippen molar-refractivity contribution in [2.75, 3.05) is 30.3 Å². The number of rotatable bonds is 5. The SMILES string of the molecule is O=C(CSc1ncnc2sccc12)N1CCCc2cc(S(=O)(=O)N3CCCC3)ccc21. The minimum Gasteiger partial charge on any atom is -0.311 e. The lowest BCUT2D eigenvalue weighted by atomic mass is 10.0. The fourth-order valence-corrected chi connectivity index (χ4v) is 7.38. The van der Waals surface area contributed by atoms with E-state index >= 15 is 0 Å². The third kappa shape index (κ3) is 3.97. The lowest BCUT2D eigenvalue weighted by molar-refractivity contribution is -0.116. The highest BCUT2D eigenvalue weighted by Crippen LogP contribution is 2.33. The molecule has 162 valence electrons. The quantitative estimate of drug-likeness (QED) is 0.415. The Morgan fingerprint density at radius 3 is 2.77 bits per heavy atom. The number of amides is 1. The largest absolute Gasteiger partial charge is 0.311 e. The van der Waals surface area contributed by atoms with Gasteiger partial charge in [0.2, 0.25) is 15.9 Å². The molecule has 2 aliphatic heterocycles. The molecule has 0 spiro atoms. The summed E-state index contributed by atoms with van der Waals surface area (Å²) in [5.41, 5.74) is 1.74. The van der Waals surface area contributed by atoms with E-state index < -0.39 is 10.0 Å². The summed E-state index contributed by atoms with van der Waals surface area (Å²) >= 11 is 2.97. The molecule has 1 saturated heterocycles. The first-order chi connectivity index (χ1) is 15.0. The van der Waals surface area contributed by atoms with Gasteiger partial charge in [0.15, 0.2) is 0 Å². The van der Waals surface area contributed by atoms with Crippen LogP contribution in [-0.2, 0) is 21.2 Å². The van der Waals surface area contributed by atoms with E-state index in [0.717, 1.165) is 52.2 Å². The number of carbonyl (C=O) groups excluding carboxylic acids is 1. The van der Waals surface area contributed by atoms with Gasteiger partial charge in [-0.05, 0) is 60.9 Å². The minimum atomic E-state index is -3.46. The highest BCUT2D eigenvalue weighted by Gasteiger charge is 2.29. The molecule has 31 heavy (non-hydrogen) atoms. The first-order valence-electron chi connectivity index (χ1n) is 10.3. The number of benzene rings is 1. The average molecular weight is 475 g/mol. The third-order valence-electron chi connectivity index (χ3n) is 5.73. The smallest absolute Gasteiger partial charge is 0.243 e. The molecule has 7 nitrogen and oxygen atoms in total. The Bertz CT molecular complexity index is 1240. The monoisotopic (exact) mass is 474 g/mol. The van der Waals surface area contributed by atoms with E-state index in [9.17, 15) is 13.2 Å². The minimum absolute atomic E-state index is 0.00286. The molecule has 0 aliphatic carbocycles. The number of nitrogens with zero attached hydrogens (tertiary/aromatic N) is 4. The number of hydrogen-bond acceptors (Lipinski definition) is 7. The van der Waals surface area contributed by atoms with Gasteiger partial charge in [-0.25, -0.2) is 18.4 Å². The van der Waals surface area contributed by atoms with Crippen LogP contribution in [0.5, 0.6) is 0 Å². The van der Waals surface area contributed by atoms with E-state index in [4.69, 9.17) is 0 Å². The zero-order valence-electron chi connectivity index (χ0n) is 16.9. The molecule has 1 amide bonds. The molecule has 4 heterocycles. The van der Waals surface area contributed by atoms with Crippen LogP contribution in [0.2, 0.25) is 0 Å². The van der Waals surface area contributed by atoms with E-state index in [1.807, 2.05) is 11.4 Å². The van der Waals surface area contributed by atoms with Crippen molar-refractivity contribution in [2.45, 2.75) is 35.6 Å². The fraction of sp³-hybridized carbons (Fsp3) is 0.381. The summed E-state index contributed by atoms with van der Waals surface area (Å²) in [5, 5.41) is 3.75. The predicted octanol–water partition coefficient (Wildman–Crippen LogP) is 3.55. The highest BCUT2D eigenvalue weighted by atomic mass is 32.2. The van der Waals surface area contributed by atoms with Crippen molar-refractivity contribution in [1.29, 1.82) is 0 Å². The second kappa shape index (κ2) is 8.50. The van der Waals surface area contributed by atoms with Crippen molar-refractivity contribution in [3.63, 3.8) is 0 Å². The van der Waals surface area contributed by atoms with E-state index in [-0.39, 0.29) is 11.7 Å². The number of sulfonamides is 1. The van der Waals surface area contributed by atoms with Crippen LogP contribution in [-0.4, -0.2) is 54.0 Å². The Morgan fingerprint density at radius 1 is 1.10 bits per heavy atom. The zero-order valence-corrected chi connectivity index (χ0v) is 19.3. The molecule has 0 N–H and O–H groups in total. The first-order valence-corrected chi connectivity index (χ1v) is 13.6. The second-order valence-corrected chi connectivity index (χ2v) is 11.5. The highest BCUT2D eigenvalue weighted by molar-refractivity contribution is 8.00. The number of anilines is 1. The summed E-state index contributed by atoms with van der Waals surface area (Å²) in [6, 6.07) is 7.17. The standard InChI is InChI=1S/C21H22N4O3S3/c26-19(13-30-21-17-7-11-29-20(17)22-14-23-21)25-10-3-4-15-12-16(5-6-18(15)25)31(27,28)24-8-1-2-9-24/h5-7,11-12,14H,1-4,8-10,13H2.